The third-order valence-electron chi connectivity index (χ3n) is 4.78. The van der Waals surface area contributed by atoms with Crippen molar-refractivity contribution in [2.24, 2.45) is 11.0 Å². The van der Waals surface area contributed by atoms with E-state index in [1.165, 1.54) is 18.4 Å². The highest BCUT2D eigenvalue weighted by atomic mass is 16.2. The monoisotopic (exact) mass is 334 g/mol. The molecule has 1 amide bonds. The topological polar surface area (TPSA) is 41.5 Å². The molecular weight excluding hydrogens is 308 g/mol. The Morgan fingerprint density at radius 1 is 1.04 bits per heavy atom. The summed E-state index contributed by atoms with van der Waals surface area (Å²) < 4.78 is 0. The van der Waals surface area contributed by atoms with Gasteiger partial charge in [-0.05, 0) is 36.3 Å². The van der Waals surface area contributed by atoms with Gasteiger partial charge in [-0.1, -0.05) is 80.4 Å². The molecule has 2 atom stereocenters. The molecule has 1 N–H and O–H groups in total. The van der Waals surface area contributed by atoms with Gasteiger partial charge in [-0.15, -0.1) is 0 Å². The van der Waals surface area contributed by atoms with E-state index in [4.69, 9.17) is 0 Å². The van der Waals surface area contributed by atoms with E-state index < -0.39 is 0 Å². The number of nitrogens with one attached hydrogen (secondary N) is 1. The van der Waals surface area contributed by atoms with Crippen LogP contribution in [0, 0.1) is 5.92 Å². The number of rotatable bonds is 8. The van der Waals surface area contributed by atoms with Crippen molar-refractivity contribution in [3.8, 4) is 0 Å². The van der Waals surface area contributed by atoms with Crippen LogP contribution < -0.4 is 5.43 Å². The van der Waals surface area contributed by atoms with Gasteiger partial charge in [-0.2, -0.15) is 5.10 Å². The summed E-state index contributed by atoms with van der Waals surface area (Å²) >= 11 is 0. The number of hydrogen-bond acceptors (Lipinski definition) is 2. The second-order valence-corrected chi connectivity index (χ2v) is 6.72. The van der Waals surface area contributed by atoms with E-state index in [2.05, 4.69) is 41.7 Å². The summed E-state index contributed by atoms with van der Waals surface area (Å²) in [6, 6.07) is 20.4. The zero-order chi connectivity index (χ0) is 17.5. The molecule has 0 saturated heterocycles. The third kappa shape index (κ3) is 4.79. The minimum absolute atomic E-state index is 0.0396. The molecule has 0 aromatic heterocycles. The highest BCUT2D eigenvalue weighted by molar-refractivity contribution is 6.01. The molecule has 0 bridgehead atoms. The molecule has 25 heavy (non-hydrogen) atoms. The van der Waals surface area contributed by atoms with E-state index in [1.807, 2.05) is 36.4 Å². The van der Waals surface area contributed by atoms with E-state index in [-0.39, 0.29) is 11.8 Å². The summed E-state index contributed by atoms with van der Waals surface area (Å²) in [6.45, 7) is 2.19. The predicted octanol–water partition coefficient (Wildman–Crippen LogP) is 4.89. The fourth-order valence-corrected chi connectivity index (χ4v) is 3.20. The van der Waals surface area contributed by atoms with Crippen LogP contribution in [-0.2, 0) is 4.79 Å². The number of hydrogen-bond donors (Lipinski definition) is 1. The van der Waals surface area contributed by atoms with E-state index in [0.29, 0.717) is 5.92 Å². The maximum atomic E-state index is 12.4. The minimum atomic E-state index is 0.0396. The molecule has 2 aromatic carbocycles. The Morgan fingerprint density at radius 2 is 1.72 bits per heavy atom. The lowest BCUT2D eigenvalue weighted by molar-refractivity contribution is -0.122. The standard InChI is InChI=1S/C22H26N2O/c1-2-3-6-15-21(18-13-9-5-10-14-18)23-24-22(25)20-16-19(20)17-11-7-4-8-12-17/h4-5,7-14,19-20H,2-3,6,15-16H2,1H3,(H,24,25). The van der Waals surface area contributed by atoms with Crippen molar-refractivity contribution in [3.63, 3.8) is 0 Å². The SMILES string of the molecule is CCCCCC(=NNC(=O)C1CC1c1ccccc1)c1ccccc1. The average molecular weight is 334 g/mol. The van der Waals surface area contributed by atoms with Gasteiger partial charge in [0, 0.05) is 5.92 Å². The molecule has 1 aliphatic rings. The van der Waals surface area contributed by atoms with Crippen LogP contribution in [-0.4, -0.2) is 11.6 Å². The van der Waals surface area contributed by atoms with Crippen LogP contribution in [0.3, 0.4) is 0 Å². The second kappa shape index (κ2) is 8.61. The lowest BCUT2D eigenvalue weighted by Gasteiger charge is -2.07. The van der Waals surface area contributed by atoms with Crippen molar-refractivity contribution < 1.29 is 4.79 Å². The first-order valence-corrected chi connectivity index (χ1v) is 9.26. The molecule has 3 heteroatoms. The predicted molar refractivity (Wildman–Crippen MR) is 103 cm³/mol. The maximum absolute atomic E-state index is 12.4. The molecule has 3 nitrogen and oxygen atoms in total. The van der Waals surface area contributed by atoms with Crippen LogP contribution in [0.1, 0.15) is 56.1 Å². The number of hydrazone groups is 1. The smallest absolute Gasteiger partial charge is 0.243 e. The van der Waals surface area contributed by atoms with Crippen molar-refractivity contribution >= 4 is 11.6 Å². The molecule has 0 radical (unpaired) electrons. The Labute approximate surface area is 150 Å². The Bertz CT molecular complexity index is 709. The van der Waals surface area contributed by atoms with Crippen molar-refractivity contribution in [2.45, 2.75) is 44.9 Å². The number of benzene rings is 2. The molecule has 1 aliphatic carbocycles. The van der Waals surface area contributed by atoms with E-state index in [9.17, 15) is 4.79 Å². The Hall–Kier alpha value is -2.42. The van der Waals surface area contributed by atoms with Gasteiger partial charge in [0.1, 0.15) is 0 Å². The van der Waals surface area contributed by atoms with Gasteiger partial charge in [-0.25, -0.2) is 5.43 Å². The van der Waals surface area contributed by atoms with Crippen LogP contribution in [0.2, 0.25) is 0 Å². The molecule has 0 heterocycles. The van der Waals surface area contributed by atoms with Gasteiger partial charge in [0.2, 0.25) is 5.91 Å². The van der Waals surface area contributed by atoms with Crippen molar-refractivity contribution in [1.82, 2.24) is 5.43 Å². The maximum Gasteiger partial charge on any atom is 0.243 e. The summed E-state index contributed by atoms with van der Waals surface area (Å²) in [5, 5.41) is 4.47. The summed E-state index contributed by atoms with van der Waals surface area (Å²) in [5.41, 5.74) is 6.13. The minimum Gasteiger partial charge on any atom is -0.273 e. The summed E-state index contributed by atoms with van der Waals surface area (Å²) in [7, 11) is 0. The second-order valence-electron chi connectivity index (χ2n) is 6.72. The van der Waals surface area contributed by atoms with Crippen LogP contribution >= 0.6 is 0 Å². The summed E-state index contributed by atoms with van der Waals surface area (Å²) in [4.78, 5) is 12.4. The van der Waals surface area contributed by atoms with Gasteiger partial charge >= 0.3 is 0 Å². The average Bonchev–Trinajstić information content (AvgIpc) is 3.47. The third-order valence-corrected chi connectivity index (χ3v) is 4.78. The van der Waals surface area contributed by atoms with E-state index >= 15 is 0 Å². The highest BCUT2D eigenvalue weighted by Gasteiger charge is 2.43. The number of amides is 1. The molecule has 2 unspecified atom stereocenters. The van der Waals surface area contributed by atoms with Crippen molar-refractivity contribution in [2.75, 3.05) is 0 Å². The molecule has 3 rings (SSSR count). The molecular formula is C22H26N2O. The van der Waals surface area contributed by atoms with E-state index in [1.54, 1.807) is 0 Å². The van der Waals surface area contributed by atoms with Crippen LogP contribution in [0.5, 0.6) is 0 Å². The quantitative estimate of drug-likeness (QED) is 0.417. The van der Waals surface area contributed by atoms with Crippen molar-refractivity contribution in [1.29, 1.82) is 0 Å². The summed E-state index contributed by atoms with van der Waals surface area (Å²) in [6.07, 6.45) is 5.26. The fourth-order valence-electron chi connectivity index (χ4n) is 3.20. The number of carbonyl (C=O) groups is 1. The van der Waals surface area contributed by atoms with Crippen LogP contribution in [0.15, 0.2) is 65.8 Å². The Morgan fingerprint density at radius 3 is 2.40 bits per heavy atom. The van der Waals surface area contributed by atoms with Gasteiger partial charge < -0.3 is 0 Å². The lowest BCUT2D eigenvalue weighted by Crippen LogP contribution is -2.22. The zero-order valence-corrected chi connectivity index (χ0v) is 14.8. The Kier molecular flexibility index (Phi) is 5.99. The molecule has 1 fully saturated rings. The molecule has 2 aromatic rings. The van der Waals surface area contributed by atoms with Gasteiger partial charge in [0.25, 0.3) is 0 Å². The highest BCUT2D eigenvalue weighted by Crippen LogP contribution is 2.47. The first-order valence-electron chi connectivity index (χ1n) is 9.26. The summed E-state index contributed by atoms with van der Waals surface area (Å²) in [5.74, 6) is 0.438. The number of nitrogens with zero attached hydrogens (tertiary/aromatic N) is 1. The molecule has 0 spiro atoms. The van der Waals surface area contributed by atoms with Gasteiger partial charge in [0.15, 0.2) is 0 Å². The largest absolute Gasteiger partial charge is 0.273 e. The number of unbranched alkanes of at least 4 members (excludes halogenated alkanes) is 2. The van der Waals surface area contributed by atoms with Crippen LogP contribution in [0.4, 0.5) is 0 Å². The Balaban J connectivity index is 1.62. The lowest BCUT2D eigenvalue weighted by atomic mass is 10.0. The normalized spacial score (nSPS) is 19.5. The fraction of sp³-hybridized carbons (Fsp3) is 0.364. The molecule has 130 valence electrons. The van der Waals surface area contributed by atoms with Crippen LogP contribution in [0.25, 0.3) is 0 Å². The van der Waals surface area contributed by atoms with Gasteiger partial charge in [-0.3, -0.25) is 4.79 Å². The molecule has 1 saturated carbocycles. The molecule has 0 aliphatic heterocycles. The number of carbonyl (C=O) groups excluding carboxylic acids is 1. The first-order chi connectivity index (χ1) is 12.3. The van der Waals surface area contributed by atoms with Gasteiger partial charge in [0.05, 0.1) is 5.71 Å². The zero-order valence-electron chi connectivity index (χ0n) is 14.8. The first kappa shape index (κ1) is 17.4. The van der Waals surface area contributed by atoms with Crippen molar-refractivity contribution in [3.05, 3.63) is 71.8 Å². The van der Waals surface area contributed by atoms with E-state index in [0.717, 1.165) is 30.5 Å².